The summed E-state index contributed by atoms with van der Waals surface area (Å²) in [5.74, 6) is -4.22. The van der Waals surface area contributed by atoms with Gasteiger partial charge >= 0.3 is 6.03 Å². The number of nitrogens with one attached hydrogen (secondary N) is 1. The molecule has 7 nitrogen and oxygen atoms in total. The van der Waals surface area contributed by atoms with Crippen molar-refractivity contribution in [2.75, 3.05) is 5.32 Å². The minimum atomic E-state index is -3.13. The standard InChI is InChI=1S/C21H25BrF3N5O2/c1-11-8-15-13(10-29(11)19(31)27-14-5-7-26-18(22)16(14)23)17-21(24,25)6-4-12(20(2,3)32)9-30(17)28-15/h5,7,11-12,32H,4,6,8-10H2,1-3H3,(H,26,27,31)/t11-,12+/m1/s1. The maximum absolute atomic E-state index is 15.2. The number of urea groups is 1. The van der Waals surface area contributed by atoms with Crippen molar-refractivity contribution in [1.82, 2.24) is 19.7 Å². The molecule has 0 fully saturated rings. The van der Waals surface area contributed by atoms with Gasteiger partial charge in [0.15, 0.2) is 5.82 Å². The van der Waals surface area contributed by atoms with Gasteiger partial charge in [0.2, 0.25) is 0 Å². The van der Waals surface area contributed by atoms with Crippen LogP contribution < -0.4 is 5.32 Å². The molecule has 2 aliphatic heterocycles. The first-order valence-corrected chi connectivity index (χ1v) is 11.2. The summed E-state index contributed by atoms with van der Waals surface area (Å²) in [5.41, 5.74) is -0.503. The van der Waals surface area contributed by atoms with Crippen molar-refractivity contribution in [2.45, 2.75) is 70.7 Å². The maximum Gasteiger partial charge on any atom is 0.322 e. The lowest BCUT2D eigenvalue weighted by Gasteiger charge is -2.33. The third-order valence-electron chi connectivity index (χ3n) is 6.38. The highest BCUT2D eigenvalue weighted by atomic mass is 79.9. The first-order chi connectivity index (χ1) is 14.9. The van der Waals surface area contributed by atoms with Gasteiger partial charge in [0.25, 0.3) is 5.92 Å². The second-order valence-corrected chi connectivity index (χ2v) is 9.88. The molecule has 2 aliphatic rings. The first-order valence-electron chi connectivity index (χ1n) is 10.5. The third-order valence-corrected chi connectivity index (χ3v) is 6.93. The number of rotatable bonds is 2. The minimum absolute atomic E-state index is 0.0350. The van der Waals surface area contributed by atoms with Crippen LogP contribution in [0.5, 0.6) is 0 Å². The molecule has 2 amide bonds. The van der Waals surface area contributed by atoms with Crippen molar-refractivity contribution in [3.63, 3.8) is 0 Å². The number of nitrogens with zero attached hydrogens (tertiary/aromatic N) is 4. The lowest BCUT2D eigenvalue weighted by Crippen LogP contribution is -2.45. The van der Waals surface area contributed by atoms with E-state index in [0.717, 1.165) is 0 Å². The number of hydrogen-bond acceptors (Lipinski definition) is 4. The van der Waals surface area contributed by atoms with E-state index in [1.165, 1.54) is 21.8 Å². The van der Waals surface area contributed by atoms with Crippen molar-refractivity contribution in [1.29, 1.82) is 0 Å². The minimum Gasteiger partial charge on any atom is -0.390 e. The summed E-state index contributed by atoms with van der Waals surface area (Å²) in [7, 11) is 0. The Labute approximate surface area is 192 Å². The number of amides is 2. The molecule has 2 N–H and O–H groups in total. The quantitative estimate of drug-likeness (QED) is 0.579. The summed E-state index contributed by atoms with van der Waals surface area (Å²) in [6.07, 6.45) is 1.40. The molecule has 0 aliphatic carbocycles. The Morgan fingerprint density at radius 3 is 2.81 bits per heavy atom. The molecule has 174 valence electrons. The molecule has 0 unspecified atom stereocenters. The smallest absolute Gasteiger partial charge is 0.322 e. The Bertz CT molecular complexity index is 1050. The fraction of sp³-hybridized carbons (Fsp3) is 0.571. The molecule has 11 heteroatoms. The maximum atomic E-state index is 15.2. The Kier molecular flexibility index (Phi) is 5.77. The predicted octanol–water partition coefficient (Wildman–Crippen LogP) is 4.43. The number of halogens is 4. The Hall–Kier alpha value is -2.14. The molecule has 0 radical (unpaired) electrons. The number of carbonyl (C=O) groups excluding carboxylic acids is 1. The molecule has 0 bridgehead atoms. The van der Waals surface area contributed by atoms with E-state index < -0.39 is 29.8 Å². The van der Waals surface area contributed by atoms with E-state index in [4.69, 9.17) is 0 Å². The highest BCUT2D eigenvalue weighted by Crippen LogP contribution is 2.44. The van der Waals surface area contributed by atoms with Crippen LogP contribution in [-0.2, 0) is 25.4 Å². The summed E-state index contributed by atoms with van der Waals surface area (Å²) >= 11 is 2.98. The van der Waals surface area contributed by atoms with Gasteiger partial charge in [-0.15, -0.1) is 0 Å². The summed E-state index contributed by atoms with van der Waals surface area (Å²) in [5, 5.41) is 17.4. The van der Waals surface area contributed by atoms with Crippen LogP contribution in [0.3, 0.4) is 0 Å². The number of fused-ring (bicyclic) bond motifs is 3. The highest BCUT2D eigenvalue weighted by Gasteiger charge is 2.46. The van der Waals surface area contributed by atoms with Gasteiger partial charge in [0.1, 0.15) is 10.3 Å². The van der Waals surface area contributed by atoms with Crippen LogP contribution in [-0.4, -0.2) is 42.4 Å². The van der Waals surface area contributed by atoms with E-state index >= 15 is 8.78 Å². The van der Waals surface area contributed by atoms with E-state index in [0.29, 0.717) is 17.7 Å². The van der Waals surface area contributed by atoms with Gasteiger partial charge in [-0.1, -0.05) is 0 Å². The van der Waals surface area contributed by atoms with E-state index in [1.807, 2.05) is 0 Å². The average Bonchev–Trinajstić information content (AvgIpc) is 2.97. The monoisotopic (exact) mass is 515 g/mol. The van der Waals surface area contributed by atoms with E-state index in [1.54, 1.807) is 20.8 Å². The fourth-order valence-corrected chi connectivity index (χ4v) is 4.79. The van der Waals surface area contributed by atoms with Crippen molar-refractivity contribution in [3.05, 3.63) is 39.6 Å². The van der Waals surface area contributed by atoms with Crippen molar-refractivity contribution in [2.24, 2.45) is 5.92 Å². The fourth-order valence-electron chi connectivity index (χ4n) is 4.46. The van der Waals surface area contributed by atoms with E-state index in [9.17, 15) is 14.3 Å². The number of anilines is 1. The first kappa shape index (κ1) is 23.0. The molecule has 0 saturated carbocycles. The van der Waals surface area contributed by atoms with Crippen molar-refractivity contribution in [3.8, 4) is 0 Å². The van der Waals surface area contributed by atoms with Crippen molar-refractivity contribution < 1.29 is 23.1 Å². The number of aromatic nitrogens is 3. The van der Waals surface area contributed by atoms with Crippen LogP contribution in [0.4, 0.5) is 23.7 Å². The Morgan fingerprint density at radius 2 is 2.12 bits per heavy atom. The van der Waals surface area contributed by atoms with Crippen LogP contribution in [0.2, 0.25) is 0 Å². The molecule has 2 aromatic rings. The molecule has 0 aromatic carbocycles. The van der Waals surface area contributed by atoms with E-state index in [2.05, 4.69) is 31.3 Å². The summed E-state index contributed by atoms with van der Waals surface area (Å²) in [6.45, 7) is 5.15. The van der Waals surface area contributed by atoms with Crippen LogP contribution in [0.25, 0.3) is 0 Å². The molecule has 0 spiro atoms. The molecular weight excluding hydrogens is 491 g/mol. The van der Waals surface area contributed by atoms with Crippen LogP contribution in [0.15, 0.2) is 16.9 Å². The van der Waals surface area contributed by atoms with Gasteiger partial charge in [-0.3, -0.25) is 4.68 Å². The Morgan fingerprint density at radius 1 is 1.41 bits per heavy atom. The number of carbonyl (C=O) groups is 1. The van der Waals surface area contributed by atoms with Crippen molar-refractivity contribution >= 4 is 27.6 Å². The predicted molar refractivity (Wildman–Crippen MR) is 115 cm³/mol. The highest BCUT2D eigenvalue weighted by molar-refractivity contribution is 9.10. The zero-order valence-electron chi connectivity index (χ0n) is 18.0. The van der Waals surface area contributed by atoms with Gasteiger partial charge < -0.3 is 15.3 Å². The lowest BCUT2D eigenvalue weighted by molar-refractivity contribution is -0.0336. The normalized spacial score (nSPS) is 22.7. The molecule has 2 aromatic heterocycles. The number of alkyl halides is 2. The molecule has 2 atom stereocenters. The third kappa shape index (κ3) is 4.12. The van der Waals surface area contributed by atoms with Gasteiger partial charge in [0, 0.05) is 43.1 Å². The second kappa shape index (κ2) is 8.02. The summed E-state index contributed by atoms with van der Waals surface area (Å²) < 4.78 is 45.9. The van der Waals surface area contributed by atoms with E-state index in [-0.39, 0.29) is 47.5 Å². The molecule has 4 rings (SSSR count). The second-order valence-electron chi connectivity index (χ2n) is 9.12. The van der Waals surface area contributed by atoms with Gasteiger partial charge in [-0.2, -0.15) is 13.9 Å². The summed E-state index contributed by atoms with van der Waals surface area (Å²) in [6, 6.07) is 0.412. The van der Waals surface area contributed by atoms with Crippen LogP contribution in [0.1, 0.15) is 50.6 Å². The number of hydrogen-bond donors (Lipinski definition) is 2. The topological polar surface area (TPSA) is 83.3 Å². The van der Waals surface area contributed by atoms with Gasteiger partial charge in [0.05, 0.1) is 23.5 Å². The largest absolute Gasteiger partial charge is 0.390 e. The van der Waals surface area contributed by atoms with Gasteiger partial charge in [-0.05, 0) is 49.2 Å². The number of aliphatic hydroxyl groups is 1. The van der Waals surface area contributed by atoms with Crippen LogP contribution in [0, 0.1) is 11.7 Å². The molecular formula is C21H25BrF3N5O2. The molecule has 32 heavy (non-hydrogen) atoms. The average molecular weight is 516 g/mol. The SMILES string of the molecule is C[C@@H]1Cc2nn3c(c2CN1C(=O)Nc1ccnc(Br)c1F)C(F)(F)CC[C@H](C(C)(C)O)C3. The number of pyridine rings is 1. The molecule has 4 heterocycles. The zero-order chi connectivity index (χ0) is 23.4. The lowest BCUT2D eigenvalue weighted by atomic mass is 9.86. The Balaban J connectivity index is 1.65. The summed E-state index contributed by atoms with van der Waals surface area (Å²) in [4.78, 5) is 18.1. The van der Waals surface area contributed by atoms with Gasteiger partial charge in [-0.25, -0.2) is 14.2 Å². The molecule has 0 saturated heterocycles. The zero-order valence-corrected chi connectivity index (χ0v) is 19.6. The van der Waals surface area contributed by atoms with Crippen LogP contribution >= 0.6 is 15.9 Å².